The van der Waals surface area contributed by atoms with Crippen molar-refractivity contribution in [2.45, 2.75) is 10.6 Å². The number of rotatable bonds is 3. The number of halogens is 3. The number of nitrogens with zero attached hydrogens (tertiary/aromatic N) is 1. The maximum Gasteiger partial charge on any atom is 0.130 e. The molecule has 2 nitrogen and oxygen atoms in total. The third-order valence-electron chi connectivity index (χ3n) is 2.23. The van der Waals surface area contributed by atoms with Gasteiger partial charge in [-0.15, -0.1) is 11.8 Å². The topological polar surface area (TPSA) is 38.9 Å². The molecule has 0 spiro atoms. The number of hydrogen-bond acceptors (Lipinski definition) is 3. The number of hydrogen-bond donors (Lipinski definition) is 1. The van der Waals surface area contributed by atoms with Crippen LogP contribution in [0.25, 0.3) is 0 Å². The van der Waals surface area contributed by atoms with Gasteiger partial charge < -0.3 is 5.73 Å². The smallest absolute Gasteiger partial charge is 0.130 e. The first kappa shape index (κ1) is 13.8. The molecule has 0 aliphatic rings. The van der Waals surface area contributed by atoms with Gasteiger partial charge in [0.25, 0.3) is 0 Å². The second-order valence-corrected chi connectivity index (χ2v) is 5.80. The lowest BCUT2D eigenvalue weighted by Gasteiger charge is -2.06. The summed E-state index contributed by atoms with van der Waals surface area (Å²) in [7, 11) is 0. The van der Waals surface area contributed by atoms with Crippen molar-refractivity contribution >= 4 is 52.3 Å². The lowest BCUT2D eigenvalue weighted by Crippen LogP contribution is -1.88. The molecule has 94 valence electrons. The molecule has 0 amide bonds. The monoisotopic (exact) mass is 318 g/mol. The highest BCUT2D eigenvalue weighted by Crippen LogP contribution is 2.33. The molecule has 0 saturated heterocycles. The van der Waals surface area contributed by atoms with Gasteiger partial charge in [-0.05, 0) is 29.8 Å². The zero-order valence-electron chi connectivity index (χ0n) is 9.16. The van der Waals surface area contributed by atoms with Gasteiger partial charge in [-0.2, -0.15) is 0 Å². The van der Waals surface area contributed by atoms with E-state index in [9.17, 15) is 0 Å². The first-order chi connectivity index (χ1) is 8.56. The molecule has 2 N–H and O–H groups in total. The van der Waals surface area contributed by atoms with Gasteiger partial charge in [-0.25, -0.2) is 4.98 Å². The number of thioether (sulfide) groups is 1. The molecule has 0 unspecified atom stereocenters. The summed E-state index contributed by atoms with van der Waals surface area (Å²) >= 11 is 19.4. The van der Waals surface area contributed by atoms with Gasteiger partial charge in [0.1, 0.15) is 5.15 Å². The van der Waals surface area contributed by atoms with E-state index in [-0.39, 0.29) is 0 Å². The van der Waals surface area contributed by atoms with Crippen LogP contribution >= 0.6 is 46.6 Å². The van der Waals surface area contributed by atoms with Gasteiger partial charge >= 0.3 is 0 Å². The number of pyridine rings is 1. The van der Waals surface area contributed by atoms with Crippen molar-refractivity contribution in [3.8, 4) is 0 Å². The van der Waals surface area contributed by atoms with E-state index in [0.717, 1.165) is 10.5 Å². The highest BCUT2D eigenvalue weighted by molar-refractivity contribution is 7.98. The van der Waals surface area contributed by atoms with E-state index in [2.05, 4.69) is 4.98 Å². The minimum absolute atomic E-state index is 0.385. The summed E-state index contributed by atoms with van der Waals surface area (Å²) in [6.07, 6.45) is 1.66. The highest BCUT2D eigenvalue weighted by Gasteiger charge is 2.06. The van der Waals surface area contributed by atoms with Crippen molar-refractivity contribution in [2.24, 2.45) is 0 Å². The van der Waals surface area contributed by atoms with E-state index in [1.165, 1.54) is 0 Å². The van der Waals surface area contributed by atoms with E-state index in [1.54, 1.807) is 36.2 Å². The van der Waals surface area contributed by atoms with Crippen LogP contribution in [0.15, 0.2) is 35.4 Å². The van der Waals surface area contributed by atoms with Crippen LogP contribution in [0.5, 0.6) is 0 Å². The van der Waals surface area contributed by atoms with Crippen molar-refractivity contribution in [3.05, 3.63) is 51.2 Å². The summed E-state index contributed by atoms with van der Waals surface area (Å²) in [4.78, 5) is 4.92. The van der Waals surface area contributed by atoms with E-state index in [1.807, 2.05) is 6.07 Å². The molecule has 1 aromatic heterocycles. The van der Waals surface area contributed by atoms with Gasteiger partial charge in [0.15, 0.2) is 0 Å². The van der Waals surface area contributed by atoms with Crippen LogP contribution in [0.3, 0.4) is 0 Å². The second-order valence-electron chi connectivity index (χ2n) is 3.58. The van der Waals surface area contributed by atoms with Crippen LogP contribution in [0, 0.1) is 0 Å². The third-order valence-corrected chi connectivity index (χ3v) is 4.34. The molecule has 18 heavy (non-hydrogen) atoms. The molecule has 0 saturated carbocycles. The van der Waals surface area contributed by atoms with E-state index in [0.29, 0.717) is 26.6 Å². The Hall–Kier alpha value is -0.610. The fourth-order valence-electron chi connectivity index (χ4n) is 1.33. The maximum atomic E-state index is 6.08. The first-order valence-corrected chi connectivity index (χ1v) is 7.16. The van der Waals surface area contributed by atoms with Crippen molar-refractivity contribution in [3.63, 3.8) is 0 Å². The lowest BCUT2D eigenvalue weighted by atomic mass is 10.3. The van der Waals surface area contributed by atoms with Crippen LogP contribution < -0.4 is 5.73 Å². The Kier molecular flexibility index (Phi) is 4.62. The molecule has 6 heteroatoms. The van der Waals surface area contributed by atoms with Gasteiger partial charge in [-0.3, -0.25) is 0 Å². The minimum Gasteiger partial charge on any atom is -0.399 e. The Balaban J connectivity index is 2.13. The highest BCUT2D eigenvalue weighted by atomic mass is 35.5. The Labute approximate surface area is 124 Å². The van der Waals surface area contributed by atoms with Crippen molar-refractivity contribution in [2.75, 3.05) is 5.73 Å². The summed E-state index contributed by atoms with van der Waals surface area (Å²) < 4.78 is 0. The molecule has 0 aliphatic carbocycles. The van der Waals surface area contributed by atoms with Gasteiger partial charge in [-0.1, -0.05) is 34.8 Å². The van der Waals surface area contributed by atoms with Gasteiger partial charge in [0.2, 0.25) is 0 Å². The molecule has 0 aliphatic heterocycles. The van der Waals surface area contributed by atoms with E-state index >= 15 is 0 Å². The molecule has 0 atom stereocenters. The predicted molar refractivity (Wildman–Crippen MR) is 79.7 cm³/mol. The molecule has 1 aromatic carbocycles. The number of benzene rings is 1. The van der Waals surface area contributed by atoms with E-state index < -0.39 is 0 Å². The Bertz CT molecular complexity index is 575. The fraction of sp³-hybridized carbons (Fsp3) is 0.0833. The standard InChI is InChI=1S/C12H9Cl3N2S/c13-9-2-1-8(16)3-11(9)18-6-7-5-17-12(15)4-10(7)14/h1-5H,6,16H2. The SMILES string of the molecule is Nc1ccc(Cl)c(SCc2cnc(Cl)cc2Cl)c1. The van der Waals surface area contributed by atoms with Crippen LogP contribution in [0.2, 0.25) is 15.2 Å². The Morgan fingerprint density at radius 3 is 2.61 bits per heavy atom. The molecule has 2 rings (SSSR count). The van der Waals surface area contributed by atoms with Crippen molar-refractivity contribution in [1.29, 1.82) is 0 Å². The normalized spacial score (nSPS) is 10.6. The molecular weight excluding hydrogens is 311 g/mol. The van der Waals surface area contributed by atoms with Crippen LogP contribution in [-0.2, 0) is 5.75 Å². The summed E-state index contributed by atoms with van der Waals surface area (Å²) in [6.45, 7) is 0. The lowest BCUT2D eigenvalue weighted by molar-refractivity contribution is 1.25. The van der Waals surface area contributed by atoms with Crippen molar-refractivity contribution in [1.82, 2.24) is 4.98 Å². The third kappa shape index (κ3) is 3.45. The summed E-state index contributed by atoms with van der Waals surface area (Å²) in [6, 6.07) is 7.01. The predicted octanol–water partition coefficient (Wildman–Crippen LogP) is 4.92. The van der Waals surface area contributed by atoms with Crippen LogP contribution in [0.4, 0.5) is 5.69 Å². The Morgan fingerprint density at radius 1 is 1.11 bits per heavy atom. The number of nitrogen functional groups attached to an aromatic ring is 1. The van der Waals surface area contributed by atoms with Crippen molar-refractivity contribution < 1.29 is 0 Å². The van der Waals surface area contributed by atoms with Crippen LogP contribution in [-0.4, -0.2) is 4.98 Å². The molecular formula is C12H9Cl3N2S. The molecule has 1 heterocycles. The second kappa shape index (κ2) is 6.02. The molecule has 0 fully saturated rings. The van der Waals surface area contributed by atoms with Crippen LogP contribution in [0.1, 0.15) is 5.56 Å². The van der Waals surface area contributed by atoms with Gasteiger partial charge in [0.05, 0.1) is 5.02 Å². The molecule has 2 aromatic rings. The zero-order valence-corrected chi connectivity index (χ0v) is 12.2. The fourth-order valence-corrected chi connectivity index (χ4v) is 3.09. The average Bonchev–Trinajstić information content (AvgIpc) is 2.32. The summed E-state index contributed by atoms with van der Waals surface area (Å²) in [5.74, 6) is 0.659. The summed E-state index contributed by atoms with van der Waals surface area (Å²) in [5, 5.41) is 1.66. The largest absolute Gasteiger partial charge is 0.399 e. The number of aromatic nitrogens is 1. The van der Waals surface area contributed by atoms with Gasteiger partial charge in [0, 0.05) is 27.6 Å². The number of anilines is 1. The summed E-state index contributed by atoms with van der Waals surface area (Å²) in [5.41, 5.74) is 7.31. The zero-order chi connectivity index (χ0) is 13.1. The Morgan fingerprint density at radius 2 is 1.89 bits per heavy atom. The molecule has 0 bridgehead atoms. The number of nitrogens with two attached hydrogens (primary N) is 1. The van der Waals surface area contributed by atoms with E-state index in [4.69, 9.17) is 40.5 Å². The quantitative estimate of drug-likeness (QED) is 0.496. The first-order valence-electron chi connectivity index (χ1n) is 5.04. The average molecular weight is 320 g/mol. The maximum absolute atomic E-state index is 6.08. The molecule has 0 radical (unpaired) electrons. The minimum atomic E-state index is 0.385.